The van der Waals surface area contributed by atoms with Gasteiger partial charge in [-0.15, -0.1) is 5.10 Å². The molecule has 0 aliphatic carbocycles. The van der Waals surface area contributed by atoms with E-state index in [4.69, 9.17) is 0 Å². The first-order chi connectivity index (χ1) is 16.7. The van der Waals surface area contributed by atoms with E-state index < -0.39 is 29.5 Å². The van der Waals surface area contributed by atoms with Crippen LogP contribution in [0.5, 0.6) is 0 Å². The van der Waals surface area contributed by atoms with Crippen molar-refractivity contribution < 1.29 is 14.0 Å². The molecule has 0 radical (unpaired) electrons. The molecule has 2 aromatic carbocycles. The van der Waals surface area contributed by atoms with E-state index in [0.717, 1.165) is 10.7 Å². The van der Waals surface area contributed by atoms with Crippen molar-refractivity contribution in [2.45, 2.75) is 33.4 Å². The van der Waals surface area contributed by atoms with E-state index in [0.29, 0.717) is 12.1 Å². The maximum Gasteiger partial charge on any atom is 0.352 e. The molecule has 35 heavy (non-hydrogen) atoms. The van der Waals surface area contributed by atoms with Gasteiger partial charge < -0.3 is 10.6 Å². The van der Waals surface area contributed by atoms with Gasteiger partial charge in [0.15, 0.2) is 0 Å². The lowest BCUT2D eigenvalue weighted by Crippen LogP contribution is -2.31. The van der Waals surface area contributed by atoms with Gasteiger partial charge in [0, 0.05) is 25.2 Å². The summed E-state index contributed by atoms with van der Waals surface area (Å²) in [6.45, 7) is 4.01. The lowest BCUT2D eigenvalue weighted by Gasteiger charge is -2.10. The molecule has 0 fully saturated rings. The number of aromatic nitrogens is 4. The Balaban J connectivity index is 1.70. The molecule has 0 spiro atoms. The first kappa shape index (κ1) is 23.9. The Morgan fingerprint density at radius 2 is 1.83 bits per heavy atom. The Kier molecular flexibility index (Phi) is 6.76. The summed E-state index contributed by atoms with van der Waals surface area (Å²) in [6, 6.07) is 11.9. The summed E-state index contributed by atoms with van der Waals surface area (Å²) in [7, 11) is 0. The molecule has 0 aliphatic heterocycles. The monoisotopic (exact) mass is 480 g/mol. The third-order valence-electron chi connectivity index (χ3n) is 5.36. The third-order valence-corrected chi connectivity index (χ3v) is 5.36. The average Bonchev–Trinajstić information content (AvgIpc) is 3.13. The third kappa shape index (κ3) is 5.13. The highest BCUT2D eigenvalue weighted by molar-refractivity contribution is 5.90. The summed E-state index contributed by atoms with van der Waals surface area (Å²) in [5.74, 6) is -1.03. The van der Waals surface area contributed by atoms with Crippen LogP contribution in [0.4, 0.5) is 10.1 Å². The summed E-state index contributed by atoms with van der Waals surface area (Å²) >= 11 is 0. The zero-order valence-electron chi connectivity index (χ0n) is 19.3. The van der Waals surface area contributed by atoms with Crippen LogP contribution in [0.3, 0.4) is 0 Å². The number of nitrogens with zero attached hydrogens (tertiary/aromatic N) is 4. The minimum atomic E-state index is -0.622. The molecule has 2 N–H and O–H groups in total. The van der Waals surface area contributed by atoms with Gasteiger partial charge in [0.1, 0.15) is 12.4 Å². The number of benzene rings is 2. The minimum Gasteiger partial charge on any atom is -0.356 e. The van der Waals surface area contributed by atoms with E-state index in [-0.39, 0.29) is 41.6 Å². The van der Waals surface area contributed by atoms with Gasteiger partial charge in [-0.1, -0.05) is 32.0 Å². The highest BCUT2D eigenvalue weighted by Gasteiger charge is 2.19. The fourth-order valence-electron chi connectivity index (χ4n) is 3.69. The van der Waals surface area contributed by atoms with E-state index in [1.807, 2.05) is 13.8 Å². The quantitative estimate of drug-likeness (QED) is 0.398. The fraction of sp³-hybridized carbons (Fsp3) is 0.292. The van der Waals surface area contributed by atoms with Crippen molar-refractivity contribution in [1.82, 2.24) is 24.1 Å². The summed E-state index contributed by atoms with van der Waals surface area (Å²) < 4.78 is 16.9. The van der Waals surface area contributed by atoms with E-state index in [1.165, 1.54) is 27.2 Å². The number of amides is 2. The molecule has 0 bridgehead atoms. The Bertz CT molecular complexity index is 1530. The van der Waals surface area contributed by atoms with Crippen molar-refractivity contribution in [2.24, 2.45) is 5.92 Å². The smallest absolute Gasteiger partial charge is 0.352 e. The number of nitrogens with one attached hydrogen (secondary N) is 2. The van der Waals surface area contributed by atoms with Crippen LogP contribution in [-0.2, 0) is 22.7 Å². The predicted octanol–water partition coefficient (Wildman–Crippen LogP) is 1.75. The van der Waals surface area contributed by atoms with Crippen molar-refractivity contribution in [1.29, 1.82) is 0 Å². The normalized spacial score (nSPS) is 11.3. The second kappa shape index (κ2) is 9.92. The van der Waals surface area contributed by atoms with Crippen LogP contribution in [-0.4, -0.2) is 37.1 Å². The average molecular weight is 481 g/mol. The summed E-state index contributed by atoms with van der Waals surface area (Å²) in [4.78, 5) is 51.1. The van der Waals surface area contributed by atoms with Gasteiger partial charge in [-0.3, -0.25) is 19.0 Å². The number of anilines is 1. The second-order valence-corrected chi connectivity index (χ2v) is 8.56. The van der Waals surface area contributed by atoms with Crippen LogP contribution in [0, 0.1) is 11.7 Å². The van der Waals surface area contributed by atoms with Crippen LogP contribution in [0.1, 0.15) is 20.3 Å². The van der Waals surface area contributed by atoms with Crippen LogP contribution >= 0.6 is 0 Å². The number of fused-ring (bicyclic) bond motifs is 3. The molecule has 2 heterocycles. The molecular weight excluding hydrogens is 455 g/mol. The maximum absolute atomic E-state index is 13.4. The standard InChI is InChI=1S/C24H25FN6O4/c1-15(2)13-26-20(32)10-11-29-22(34)18-8-3-4-9-19(18)31-23(29)28-30(24(31)35)14-21(33)27-17-7-5-6-16(25)12-17/h3-9,12,15H,10-11,13-14H2,1-2H3,(H,26,32)(H,27,33). The summed E-state index contributed by atoms with van der Waals surface area (Å²) in [5.41, 5.74) is -0.439. The van der Waals surface area contributed by atoms with E-state index in [1.54, 1.807) is 24.3 Å². The largest absolute Gasteiger partial charge is 0.356 e. The Hall–Kier alpha value is -4.28. The minimum absolute atomic E-state index is 0.00301. The lowest BCUT2D eigenvalue weighted by molar-refractivity contribution is -0.121. The van der Waals surface area contributed by atoms with E-state index >= 15 is 0 Å². The SMILES string of the molecule is CC(C)CNC(=O)CCn1c(=O)c2ccccc2n2c(=O)n(CC(=O)Nc3cccc(F)c3)nc12. The molecule has 0 unspecified atom stereocenters. The van der Waals surface area contributed by atoms with Gasteiger partial charge in [0.05, 0.1) is 10.9 Å². The zero-order valence-corrected chi connectivity index (χ0v) is 19.3. The molecule has 10 nitrogen and oxygen atoms in total. The number of carbonyl (C=O) groups excluding carboxylic acids is 2. The van der Waals surface area contributed by atoms with Gasteiger partial charge in [-0.2, -0.15) is 0 Å². The molecule has 0 aliphatic rings. The molecule has 182 valence electrons. The van der Waals surface area contributed by atoms with Crippen LogP contribution in [0.15, 0.2) is 58.1 Å². The number of rotatable bonds is 8. The van der Waals surface area contributed by atoms with Gasteiger partial charge in [0.25, 0.3) is 5.56 Å². The van der Waals surface area contributed by atoms with Crippen molar-refractivity contribution in [3.8, 4) is 0 Å². The van der Waals surface area contributed by atoms with Gasteiger partial charge in [-0.05, 0) is 36.2 Å². The highest BCUT2D eigenvalue weighted by atomic mass is 19.1. The van der Waals surface area contributed by atoms with Crippen molar-refractivity contribution in [2.75, 3.05) is 11.9 Å². The number of para-hydroxylation sites is 1. The molecule has 2 aromatic heterocycles. The van der Waals surface area contributed by atoms with Crippen LogP contribution < -0.4 is 21.9 Å². The number of halogens is 1. The molecule has 0 atom stereocenters. The molecule has 4 aromatic rings. The van der Waals surface area contributed by atoms with Crippen molar-refractivity contribution in [3.63, 3.8) is 0 Å². The number of aryl methyl sites for hydroxylation is 1. The summed E-state index contributed by atoms with van der Waals surface area (Å²) in [5, 5.41) is 9.84. The first-order valence-corrected chi connectivity index (χ1v) is 11.2. The van der Waals surface area contributed by atoms with Crippen molar-refractivity contribution >= 4 is 34.2 Å². The van der Waals surface area contributed by atoms with E-state index in [2.05, 4.69) is 15.7 Å². The van der Waals surface area contributed by atoms with Crippen LogP contribution in [0.25, 0.3) is 16.7 Å². The molecule has 2 amide bonds. The lowest BCUT2D eigenvalue weighted by atomic mass is 10.2. The first-order valence-electron chi connectivity index (χ1n) is 11.2. The highest BCUT2D eigenvalue weighted by Crippen LogP contribution is 2.12. The van der Waals surface area contributed by atoms with E-state index in [9.17, 15) is 23.6 Å². The van der Waals surface area contributed by atoms with Crippen molar-refractivity contribution in [3.05, 3.63) is 75.2 Å². The van der Waals surface area contributed by atoms with Crippen LogP contribution in [0.2, 0.25) is 0 Å². The fourth-order valence-corrected chi connectivity index (χ4v) is 3.69. The zero-order chi connectivity index (χ0) is 25.1. The topological polar surface area (TPSA) is 120 Å². The predicted molar refractivity (Wildman–Crippen MR) is 129 cm³/mol. The molecule has 11 heteroatoms. The van der Waals surface area contributed by atoms with Gasteiger partial charge in [-0.25, -0.2) is 18.3 Å². The number of hydrogen-bond donors (Lipinski definition) is 2. The number of hydrogen-bond acceptors (Lipinski definition) is 5. The number of carbonyl (C=O) groups is 2. The molecule has 0 saturated heterocycles. The Morgan fingerprint density at radius 3 is 2.57 bits per heavy atom. The molecule has 4 rings (SSSR count). The molecule has 0 saturated carbocycles. The Labute approximate surface area is 199 Å². The molecular formula is C24H25FN6O4. The second-order valence-electron chi connectivity index (χ2n) is 8.56. The van der Waals surface area contributed by atoms with Gasteiger partial charge in [0.2, 0.25) is 17.6 Å². The van der Waals surface area contributed by atoms with Gasteiger partial charge >= 0.3 is 5.69 Å². The maximum atomic E-state index is 13.4. The Morgan fingerprint density at radius 1 is 1.06 bits per heavy atom. The summed E-state index contributed by atoms with van der Waals surface area (Å²) in [6.07, 6.45) is 0.0156.